The molecule has 0 saturated carbocycles. The van der Waals surface area contributed by atoms with Crippen LogP contribution in [0.1, 0.15) is 23.6 Å². The van der Waals surface area contributed by atoms with Crippen LogP contribution in [0, 0.1) is 0 Å². The molecule has 162 valence electrons. The van der Waals surface area contributed by atoms with Crippen LogP contribution in [0.3, 0.4) is 0 Å². The number of carbonyl (C=O) groups is 1. The van der Waals surface area contributed by atoms with Gasteiger partial charge in [0.15, 0.2) is 5.01 Å². The monoisotopic (exact) mass is 458 g/mol. The lowest BCUT2D eigenvalue weighted by molar-refractivity contribution is -0.0586. The van der Waals surface area contributed by atoms with Gasteiger partial charge in [-0.25, -0.2) is 18.5 Å². The Morgan fingerprint density at radius 1 is 1.06 bits per heavy atom. The fraction of sp³-hybridized carbons (Fsp3) is 0.286. The third-order valence-corrected chi connectivity index (χ3v) is 6.94. The summed E-state index contributed by atoms with van der Waals surface area (Å²) in [5, 5.41) is 5.58. The molecular formula is C21H22N4O4S2. The van der Waals surface area contributed by atoms with Gasteiger partial charge in [-0.15, -0.1) is 11.3 Å². The number of nitrogens with two attached hydrogens (primary N) is 1. The number of primary sulfonamides is 1. The Labute approximate surface area is 184 Å². The average molecular weight is 459 g/mol. The van der Waals surface area contributed by atoms with Crippen molar-refractivity contribution < 1.29 is 17.9 Å². The fourth-order valence-electron chi connectivity index (χ4n) is 3.59. The summed E-state index contributed by atoms with van der Waals surface area (Å²) in [6.45, 7) is 4.90. The molecule has 0 aliphatic carbocycles. The standard InChI is InChI=1S/C21H22N4O4S2/c1-13-11-25(12-14(2)29-13)21(26)20-24-18(15-7-9-23-10-8-15)19(30-20)16-3-5-17(6-4-16)31(22,27)28/h3-10,13-14H,11-12H2,1-2H3,(H2,22,27,28)/t13-,14+. The van der Waals surface area contributed by atoms with E-state index in [0.717, 1.165) is 16.0 Å². The van der Waals surface area contributed by atoms with Crippen molar-refractivity contribution in [3.8, 4) is 21.7 Å². The summed E-state index contributed by atoms with van der Waals surface area (Å²) < 4.78 is 28.9. The third-order valence-electron chi connectivity index (χ3n) is 4.92. The van der Waals surface area contributed by atoms with Gasteiger partial charge in [0.1, 0.15) is 0 Å². The van der Waals surface area contributed by atoms with Gasteiger partial charge in [0.2, 0.25) is 10.0 Å². The Balaban J connectivity index is 1.76. The fourth-order valence-corrected chi connectivity index (χ4v) is 5.16. The molecule has 1 aliphatic heterocycles. The molecule has 1 aromatic carbocycles. The summed E-state index contributed by atoms with van der Waals surface area (Å²) in [4.78, 5) is 24.5. The minimum Gasteiger partial charge on any atom is -0.372 e. The van der Waals surface area contributed by atoms with Crippen molar-refractivity contribution in [2.24, 2.45) is 5.14 Å². The number of rotatable bonds is 4. The lowest BCUT2D eigenvalue weighted by atomic mass is 10.1. The SMILES string of the molecule is C[C@@H]1CN(C(=O)c2nc(-c3ccncc3)c(-c3ccc(S(N)(=O)=O)cc3)s2)C[C@H](C)O1. The van der Waals surface area contributed by atoms with Crippen molar-refractivity contribution in [3.63, 3.8) is 0 Å². The highest BCUT2D eigenvalue weighted by atomic mass is 32.2. The Morgan fingerprint density at radius 3 is 2.26 bits per heavy atom. The first-order valence-electron chi connectivity index (χ1n) is 9.71. The van der Waals surface area contributed by atoms with Crippen molar-refractivity contribution in [2.75, 3.05) is 13.1 Å². The Bertz CT molecular complexity index is 1180. The van der Waals surface area contributed by atoms with E-state index in [9.17, 15) is 13.2 Å². The molecule has 2 aromatic heterocycles. The number of hydrogen-bond donors (Lipinski definition) is 1. The Morgan fingerprint density at radius 2 is 1.68 bits per heavy atom. The van der Waals surface area contributed by atoms with Crippen molar-refractivity contribution >= 4 is 27.3 Å². The van der Waals surface area contributed by atoms with Crippen molar-refractivity contribution in [1.29, 1.82) is 0 Å². The number of morpholine rings is 1. The molecule has 8 nitrogen and oxygen atoms in total. The number of nitrogens with zero attached hydrogens (tertiary/aromatic N) is 3. The van der Waals surface area contributed by atoms with Crippen molar-refractivity contribution in [1.82, 2.24) is 14.9 Å². The van der Waals surface area contributed by atoms with E-state index in [0.29, 0.717) is 23.8 Å². The van der Waals surface area contributed by atoms with E-state index < -0.39 is 10.0 Å². The molecule has 2 N–H and O–H groups in total. The van der Waals surface area contributed by atoms with Gasteiger partial charge in [-0.2, -0.15) is 0 Å². The van der Waals surface area contributed by atoms with Crippen molar-refractivity contribution in [2.45, 2.75) is 31.0 Å². The normalized spacial score (nSPS) is 19.4. The van der Waals surface area contributed by atoms with E-state index in [4.69, 9.17) is 9.88 Å². The molecule has 1 saturated heterocycles. The maximum Gasteiger partial charge on any atom is 0.283 e. The number of hydrogen-bond acceptors (Lipinski definition) is 7. The van der Waals surface area contributed by atoms with E-state index in [1.54, 1.807) is 29.4 Å². The predicted molar refractivity (Wildman–Crippen MR) is 118 cm³/mol. The van der Waals surface area contributed by atoms with Crippen LogP contribution in [0.4, 0.5) is 0 Å². The molecular weight excluding hydrogens is 436 g/mol. The van der Waals surface area contributed by atoms with E-state index in [2.05, 4.69) is 9.97 Å². The van der Waals surface area contributed by atoms with Gasteiger partial charge in [0.05, 0.1) is 27.7 Å². The maximum absolute atomic E-state index is 13.2. The topological polar surface area (TPSA) is 115 Å². The van der Waals surface area contributed by atoms with Gasteiger partial charge >= 0.3 is 0 Å². The number of ether oxygens (including phenoxy) is 1. The van der Waals surface area contributed by atoms with Gasteiger partial charge in [-0.1, -0.05) is 12.1 Å². The second kappa shape index (κ2) is 8.46. The van der Waals surface area contributed by atoms with Gasteiger partial charge in [-0.3, -0.25) is 9.78 Å². The number of thiazole rings is 1. The number of benzene rings is 1. The Hall–Kier alpha value is -2.66. The zero-order valence-electron chi connectivity index (χ0n) is 17.1. The number of sulfonamides is 1. The number of carbonyl (C=O) groups excluding carboxylic acids is 1. The zero-order valence-corrected chi connectivity index (χ0v) is 18.7. The van der Waals surface area contributed by atoms with Crippen LogP contribution in [0.5, 0.6) is 0 Å². The first-order valence-corrected chi connectivity index (χ1v) is 12.1. The van der Waals surface area contributed by atoms with E-state index in [-0.39, 0.29) is 23.0 Å². The minimum absolute atomic E-state index is 0.0267. The smallest absolute Gasteiger partial charge is 0.283 e. The van der Waals surface area contributed by atoms with Crippen molar-refractivity contribution in [3.05, 3.63) is 53.8 Å². The highest BCUT2D eigenvalue weighted by Crippen LogP contribution is 2.37. The first kappa shape index (κ1) is 21.6. The van der Waals surface area contributed by atoms with Crippen LogP contribution in [-0.4, -0.2) is 54.5 Å². The molecule has 10 heteroatoms. The number of amides is 1. The summed E-state index contributed by atoms with van der Waals surface area (Å²) in [6, 6.07) is 9.89. The molecule has 1 aliphatic rings. The quantitative estimate of drug-likeness (QED) is 0.643. The summed E-state index contributed by atoms with van der Waals surface area (Å²) in [5.74, 6) is -0.144. The van der Waals surface area contributed by atoms with E-state index in [1.807, 2.05) is 26.0 Å². The van der Waals surface area contributed by atoms with Gasteiger partial charge < -0.3 is 9.64 Å². The van der Waals surface area contributed by atoms with Gasteiger partial charge in [-0.05, 0) is 43.7 Å². The summed E-state index contributed by atoms with van der Waals surface area (Å²) in [7, 11) is -3.79. The van der Waals surface area contributed by atoms with Crippen LogP contribution < -0.4 is 5.14 Å². The largest absolute Gasteiger partial charge is 0.372 e. The molecule has 0 radical (unpaired) electrons. The van der Waals surface area contributed by atoms with E-state index in [1.165, 1.54) is 23.5 Å². The molecule has 1 fully saturated rings. The predicted octanol–water partition coefficient (Wildman–Crippen LogP) is 2.77. The Kier molecular flexibility index (Phi) is 5.89. The lowest BCUT2D eigenvalue weighted by Crippen LogP contribution is -2.48. The van der Waals surface area contributed by atoms with Gasteiger partial charge in [0.25, 0.3) is 5.91 Å². The maximum atomic E-state index is 13.2. The van der Waals surface area contributed by atoms with Crippen LogP contribution in [-0.2, 0) is 14.8 Å². The molecule has 0 spiro atoms. The summed E-state index contributed by atoms with van der Waals surface area (Å²) in [6.07, 6.45) is 3.24. The zero-order chi connectivity index (χ0) is 22.2. The molecule has 0 unspecified atom stereocenters. The highest BCUT2D eigenvalue weighted by Gasteiger charge is 2.29. The summed E-state index contributed by atoms with van der Waals surface area (Å²) >= 11 is 1.28. The summed E-state index contributed by atoms with van der Waals surface area (Å²) in [5.41, 5.74) is 2.22. The minimum atomic E-state index is -3.79. The second-order valence-electron chi connectivity index (χ2n) is 7.47. The number of pyridine rings is 1. The molecule has 3 aromatic rings. The van der Waals surface area contributed by atoms with Crippen LogP contribution in [0.15, 0.2) is 53.7 Å². The molecule has 4 rings (SSSR count). The first-order chi connectivity index (χ1) is 14.7. The third kappa shape index (κ3) is 4.67. The lowest BCUT2D eigenvalue weighted by Gasteiger charge is -2.34. The van der Waals surface area contributed by atoms with Crippen LogP contribution >= 0.6 is 11.3 Å². The molecule has 3 heterocycles. The number of aromatic nitrogens is 2. The second-order valence-corrected chi connectivity index (χ2v) is 10.0. The van der Waals surface area contributed by atoms with E-state index >= 15 is 0 Å². The van der Waals surface area contributed by atoms with Crippen LogP contribution in [0.2, 0.25) is 0 Å². The molecule has 31 heavy (non-hydrogen) atoms. The average Bonchev–Trinajstić information content (AvgIpc) is 3.18. The molecule has 1 amide bonds. The van der Waals surface area contributed by atoms with Gasteiger partial charge in [0, 0.05) is 31.0 Å². The highest BCUT2D eigenvalue weighted by molar-refractivity contribution is 7.89. The van der Waals surface area contributed by atoms with Crippen LogP contribution in [0.25, 0.3) is 21.7 Å². The molecule has 2 atom stereocenters. The molecule has 0 bridgehead atoms.